The van der Waals surface area contributed by atoms with Crippen LogP contribution in [0.2, 0.25) is 51.4 Å². The van der Waals surface area contributed by atoms with Crippen LogP contribution in [-0.4, -0.2) is 37.8 Å². The van der Waals surface area contributed by atoms with Crippen LogP contribution < -0.4 is 0 Å². The van der Waals surface area contributed by atoms with Crippen LogP contribution in [0.4, 0.5) is 0 Å². The molecule has 124 valence electrons. The van der Waals surface area contributed by atoms with Gasteiger partial charge in [-0.2, -0.15) is 0 Å². The van der Waals surface area contributed by atoms with Gasteiger partial charge in [0.2, 0.25) is 0 Å². The molecule has 0 aliphatic carbocycles. The van der Waals surface area contributed by atoms with Crippen molar-refractivity contribution < 1.29 is 17.8 Å². The lowest BCUT2D eigenvalue weighted by molar-refractivity contribution is -0.139. The molecule has 0 aromatic heterocycles. The molecular weight excluding hydrogens is 316 g/mol. The van der Waals surface area contributed by atoms with Crippen molar-refractivity contribution in [3.63, 3.8) is 0 Å². The van der Waals surface area contributed by atoms with Crippen molar-refractivity contribution in [1.29, 1.82) is 0 Å². The number of rotatable bonds is 8. The highest BCUT2D eigenvalue weighted by atomic mass is 28.5. The van der Waals surface area contributed by atoms with Crippen molar-refractivity contribution in [2.75, 3.05) is 6.61 Å². The topological polar surface area (TPSA) is 44.8 Å². The summed E-state index contributed by atoms with van der Waals surface area (Å²) in [6.45, 7) is 22.7. The summed E-state index contributed by atoms with van der Waals surface area (Å²) >= 11 is 0. The zero-order chi connectivity index (χ0) is 17.1. The quantitative estimate of drug-likeness (QED) is 0.373. The van der Waals surface area contributed by atoms with E-state index in [4.69, 9.17) is 13.0 Å². The highest BCUT2D eigenvalue weighted by Crippen LogP contribution is 2.31. The van der Waals surface area contributed by atoms with Gasteiger partial charge in [-0.1, -0.05) is 13.5 Å². The molecule has 0 rings (SSSR count). The van der Waals surface area contributed by atoms with Crippen LogP contribution in [0.5, 0.6) is 0 Å². The minimum Gasteiger partial charge on any atom is -0.462 e. The van der Waals surface area contributed by atoms with Gasteiger partial charge in [0.05, 0.1) is 6.61 Å². The van der Waals surface area contributed by atoms with Gasteiger partial charge in [0.1, 0.15) is 0 Å². The Balaban J connectivity index is 5.02. The number of hydrogen-bond donors (Lipinski definition) is 0. The molecular formula is C14H32O4Si3. The Labute approximate surface area is 133 Å². The van der Waals surface area contributed by atoms with Crippen LogP contribution >= 0.6 is 0 Å². The molecule has 0 amide bonds. The fraction of sp³-hybridized carbons (Fsp3) is 0.786. The lowest BCUT2D eigenvalue weighted by Crippen LogP contribution is -2.55. The molecule has 0 heterocycles. The van der Waals surface area contributed by atoms with Crippen LogP contribution in [0.25, 0.3) is 0 Å². The zero-order valence-corrected chi connectivity index (χ0v) is 18.1. The summed E-state index contributed by atoms with van der Waals surface area (Å²) in [5, 5.41) is 0. The molecule has 0 radical (unpaired) electrons. The van der Waals surface area contributed by atoms with E-state index >= 15 is 0 Å². The van der Waals surface area contributed by atoms with Crippen LogP contribution in [0.1, 0.15) is 13.8 Å². The first-order valence-electron chi connectivity index (χ1n) is 7.39. The van der Waals surface area contributed by atoms with Gasteiger partial charge in [0.25, 0.3) is 0 Å². The standard InChI is InChI=1S/C14H32O4Si3/c1-12(2)14(15)16-11-13(3)21(10,17-19(4,5)6)18-20(7,8)9/h13H,1,11H2,2-10H3. The number of carbonyl (C=O) groups excluding carboxylic acids is 1. The number of ether oxygens (including phenoxy) is 1. The van der Waals surface area contributed by atoms with E-state index in [-0.39, 0.29) is 11.5 Å². The van der Waals surface area contributed by atoms with E-state index in [1.54, 1.807) is 6.92 Å². The zero-order valence-electron chi connectivity index (χ0n) is 15.1. The van der Waals surface area contributed by atoms with Gasteiger partial charge in [0, 0.05) is 11.1 Å². The Morgan fingerprint density at radius 2 is 1.38 bits per heavy atom. The second kappa shape index (κ2) is 7.36. The first-order valence-corrected chi connectivity index (χ1v) is 16.6. The lowest BCUT2D eigenvalue weighted by atomic mass is 10.4. The van der Waals surface area contributed by atoms with Gasteiger partial charge in [-0.15, -0.1) is 0 Å². The summed E-state index contributed by atoms with van der Waals surface area (Å²) in [4.78, 5) is 11.6. The van der Waals surface area contributed by atoms with Gasteiger partial charge in [-0.25, -0.2) is 4.79 Å². The SMILES string of the molecule is C=C(C)C(=O)OCC(C)[Si](C)(O[Si](C)(C)C)O[Si](C)(C)C. The second-order valence-electron chi connectivity index (χ2n) is 7.72. The van der Waals surface area contributed by atoms with Crippen LogP contribution in [-0.2, 0) is 17.8 Å². The summed E-state index contributed by atoms with van der Waals surface area (Å²) in [6, 6.07) is 0. The van der Waals surface area contributed by atoms with Gasteiger partial charge in [-0.05, 0) is 52.8 Å². The molecule has 0 aliphatic rings. The summed E-state index contributed by atoms with van der Waals surface area (Å²) in [5.41, 5.74) is 0.502. The van der Waals surface area contributed by atoms with E-state index in [1.165, 1.54) is 0 Å². The second-order valence-corrected chi connectivity index (χ2v) is 20.8. The van der Waals surface area contributed by atoms with Crippen molar-refractivity contribution in [3.8, 4) is 0 Å². The molecule has 0 saturated heterocycles. The Bertz CT molecular complexity index is 367. The average molecular weight is 349 g/mol. The first-order chi connectivity index (χ1) is 9.16. The predicted octanol–water partition coefficient (Wildman–Crippen LogP) is 4.27. The molecule has 0 aliphatic heterocycles. The van der Waals surface area contributed by atoms with E-state index in [9.17, 15) is 4.79 Å². The minimum absolute atomic E-state index is 0.0826. The number of carbonyl (C=O) groups is 1. The summed E-state index contributed by atoms with van der Waals surface area (Å²) < 4.78 is 18.2. The van der Waals surface area contributed by atoms with E-state index in [2.05, 4.69) is 59.3 Å². The van der Waals surface area contributed by atoms with Crippen LogP contribution in [0.3, 0.4) is 0 Å². The maximum Gasteiger partial charge on any atom is 0.333 e. The highest BCUT2D eigenvalue weighted by molar-refractivity contribution is 6.88. The largest absolute Gasteiger partial charge is 0.462 e. The van der Waals surface area contributed by atoms with Gasteiger partial charge in [0.15, 0.2) is 16.6 Å². The van der Waals surface area contributed by atoms with Crippen molar-refractivity contribution in [3.05, 3.63) is 12.2 Å². The van der Waals surface area contributed by atoms with Crippen molar-refractivity contribution in [1.82, 2.24) is 0 Å². The maximum absolute atomic E-state index is 11.6. The molecule has 1 atom stereocenters. The molecule has 0 N–H and O–H groups in total. The Kier molecular flexibility index (Phi) is 7.29. The molecule has 0 aromatic rings. The van der Waals surface area contributed by atoms with Crippen molar-refractivity contribution >= 4 is 31.2 Å². The predicted molar refractivity (Wildman–Crippen MR) is 95.7 cm³/mol. The van der Waals surface area contributed by atoms with E-state index in [1.807, 2.05) is 0 Å². The molecule has 21 heavy (non-hydrogen) atoms. The smallest absolute Gasteiger partial charge is 0.333 e. The maximum atomic E-state index is 11.6. The molecule has 0 saturated carbocycles. The highest BCUT2D eigenvalue weighted by Gasteiger charge is 2.45. The van der Waals surface area contributed by atoms with E-state index in [0.29, 0.717) is 12.2 Å². The third-order valence-corrected chi connectivity index (χ3v) is 12.8. The number of esters is 1. The average Bonchev–Trinajstić information content (AvgIpc) is 2.19. The van der Waals surface area contributed by atoms with Crippen molar-refractivity contribution in [2.24, 2.45) is 0 Å². The molecule has 1 unspecified atom stereocenters. The van der Waals surface area contributed by atoms with Gasteiger partial charge >= 0.3 is 14.5 Å². The van der Waals surface area contributed by atoms with Gasteiger partial charge < -0.3 is 13.0 Å². The molecule has 0 fully saturated rings. The summed E-state index contributed by atoms with van der Waals surface area (Å²) in [5.74, 6) is -0.348. The minimum atomic E-state index is -2.41. The molecule has 7 heteroatoms. The third-order valence-electron chi connectivity index (χ3n) is 2.73. The fourth-order valence-corrected chi connectivity index (χ4v) is 14.2. The van der Waals surface area contributed by atoms with Gasteiger partial charge in [-0.3, -0.25) is 0 Å². The molecule has 0 aromatic carbocycles. The Morgan fingerprint density at radius 3 is 1.67 bits per heavy atom. The van der Waals surface area contributed by atoms with E-state index < -0.39 is 25.2 Å². The van der Waals surface area contributed by atoms with Crippen LogP contribution in [0, 0.1) is 0 Å². The molecule has 0 bridgehead atoms. The molecule has 4 nitrogen and oxygen atoms in total. The Hall–Kier alpha value is -0.219. The normalized spacial score (nSPS) is 14.7. The van der Waals surface area contributed by atoms with E-state index in [0.717, 1.165) is 0 Å². The summed E-state index contributed by atoms with van der Waals surface area (Å²) in [6.07, 6.45) is 0. The fourth-order valence-electron chi connectivity index (χ4n) is 1.91. The van der Waals surface area contributed by atoms with Crippen LogP contribution in [0.15, 0.2) is 12.2 Å². The Morgan fingerprint density at radius 1 is 1.00 bits per heavy atom. The lowest BCUT2D eigenvalue weighted by Gasteiger charge is -2.41. The summed E-state index contributed by atoms with van der Waals surface area (Å²) in [7, 11) is -5.87. The molecule has 0 spiro atoms. The third kappa shape index (κ3) is 8.72. The monoisotopic (exact) mass is 348 g/mol. The van der Waals surface area contributed by atoms with Crippen molar-refractivity contribution in [2.45, 2.75) is 65.2 Å². The first kappa shape index (κ1) is 20.8. The number of hydrogen-bond acceptors (Lipinski definition) is 4.